The number of carbonyl (C=O) groups excluding carboxylic acids is 1. The molecular formula is C13H16N2O2S2. The number of thioether (sulfide) groups is 2. The molecule has 1 aliphatic rings. The number of rotatable bonds is 4. The van der Waals surface area contributed by atoms with E-state index in [0.29, 0.717) is 0 Å². The third-order valence-corrected chi connectivity index (χ3v) is 4.85. The molecule has 1 N–H and O–H groups in total. The lowest BCUT2D eigenvalue weighted by molar-refractivity contribution is -0.115. The summed E-state index contributed by atoms with van der Waals surface area (Å²) in [7, 11) is 1.61. The van der Waals surface area contributed by atoms with Crippen molar-refractivity contribution >= 4 is 39.5 Å². The lowest BCUT2D eigenvalue weighted by Gasteiger charge is -2.12. The van der Waals surface area contributed by atoms with Crippen molar-refractivity contribution in [2.24, 2.45) is 4.99 Å². The number of amides is 1. The Morgan fingerprint density at radius 3 is 3.11 bits per heavy atom. The van der Waals surface area contributed by atoms with Gasteiger partial charge in [-0.3, -0.25) is 9.79 Å². The molecule has 6 heteroatoms. The summed E-state index contributed by atoms with van der Waals surface area (Å²) in [4.78, 5) is 16.4. The molecule has 1 aromatic carbocycles. The minimum absolute atomic E-state index is 0.0200. The Labute approximate surface area is 121 Å². The lowest BCUT2D eigenvalue weighted by Crippen LogP contribution is -2.23. The molecule has 1 atom stereocenters. The topological polar surface area (TPSA) is 50.7 Å². The first kappa shape index (κ1) is 14.3. The van der Waals surface area contributed by atoms with E-state index in [4.69, 9.17) is 4.74 Å². The highest BCUT2D eigenvalue weighted by Crippen LogP contribution is 2.26. The van der Waals surface area contributed by atoms with Crippen molar-refractivity contribution in [3.8, 4) is 5.75 Å². The normalized spacial score (nSPS) is 15.8. The molecule has 102 valence electrons. The first-order valence-corrected chi connectivity index (χ1v) is 7.84. The van der Waals surface area contributed by atoms with Gasteiger partial charge < -0.3 is 10.1 Å². The van der Waals surface area contributed by atoms with Gasteiger partial charge in [-0.25, -0.2) is 0 Å². The zero-order valence-electron chi connectivity index (χ0n) is 10.9. The summed E-state index contributed by atoms with van der Waals surface area (Å²) in [6.07, 6.45) is 0. The lowest BCUT2D eigenvalue weighted by atomic mass is 10.3. The second kappa shape index (κ2) is 6.86. The molecule has 0 bridgehead atoms. The Hall–Kier alpha value is -1.14. The van der Waals surface area contributed by atoms with Crippen molar-refractivity contribution in [1.82, 2.24) is 0 Å². The number of nitrogens with one attached hydrogen (secondary N) is 1. The number of ether oxygens (including phenoxy) is 1. The molecule has 4 nitrogen and oxygen atoms in total. The highest BCUT2D eigenvalue weighted by Gasteiger charge is 2.18. The number of hydrogen-bond acceptors (Lipinski definition) is 5. The fraction of sp³-hybridized carbons (Fsp3) is 0.385. The predicted molar refractivity (Wildman–Crippen MR) is 83.4 cm³/mol. The number of carbonyl (C=O) groups is 1. The van der Waals surface area contributed by atoms with Crippen LogP contribution in [-0.2, 0) is 4.79 Å². The van der Waals surface area contributed by atoms with Crippen LogP contribution in [0, 0.1) is 0 Å². The Morgan fingerprint density at radius 2 is 2.42 bits per heavy atom. The van der Waals surface area contributed by atoms with Crippen LogP contribution in [0.2, 0.25) is 0 Å². The maximum Gasteiger partial charge on any atom is 0.237 e. The summed E-state index contributed by atoms with van der Waals surface area (Å²) in [5, 5.41) is 2.73. The molecule has 0 saturated heterocycles. The van der Waals surface area contributed by atoms with Gasteiger partial charge in [0, 0.05) is 17.5 Å². The van der Waals surface area contributed by atoms with E-state index in [0.717, 1.165) is 28.1 Å². The zero-order valence-corrected chi connectivity index (χ0v) is 12.5. The molecule has 1 unspecified atom stereocenters. The largest absolute Gasteiger partial charge is 0.497 e. The fourth-order valence-electron chi connectivity index (χ4n) is 1.54. The van der Waals surface area contributed by atoms with Gasteiger partial charge in [0.05, 0.1) is 18.9 Å². The molecule has 1 aromatic rings. The molecule has 0 aromatic heterocycles. The Balaban J connectivity index is 1.91. The maximum atomic E-state index is 12.1. The van der Waals surface area contributed by atoms with Crippen LogP contribution in [0.3, 0.4) is 0 Å². The monoisotopic (exact) mass is 296 g/mol. The van der Waals surface area contributed by atoms with Gasteiger partial charge in [0.15, 0.2) is 0 Å². The van der Waals surface area contributed by atoms with Gasteiger partial charge in [0.1, 0.15) is 10.1 Å². The number of methoxy groups -OCH3 is 1. The van der Waals surface area contributed by atoms with Crippen molar-refractivity contribution in [3.05, 3.63) is 24.3 Å². The number of anilines is 1. The van der Waals surface area contributed by atoms with Gasteiger partial charge in [-0.1, -0.05) is 29.6 Å². The van der Waals surface area contributed by atoms with Gasteiger partial charge in [-0.2, -0.15) is 0 Å². The summed E-state index contributed by atoms with van der Waals surface area (Å²) in [5.74, 6) is 1.73. The van der Waals surface area contributed by atoms with E-state index in [1.807, 2.05) is 25.1 Å². The maximum absolute atomic E-state index is 12.1. The average molecular weight is 296 g/mol. The summed E-state index contributed by atoms with van der Waals surface area (Å²) < 4.78 is 6.13. The smallest absolute Gasteiger partial charge is 0.237 e. The first-order chi connectivity index (χ1) is 9.19. The summed E-state index contributed by atoms with van der Waals surface area (Å²) in [6, 6.07) is 7.34. The second-order valence-corrected chi connectivity index (χ2v) is 6.65. The van der Waals surface area contributed by atoms with Crippen LogP contribution in [0.25, 0.3) is 0 Å². The van der Waals surface area contributed by atoms with Crippen LogP contribution < -0.4 is 10.1 Å². The van der Waals surface area contributed by atoms with Crippen LogP contribution in [0.5, 0.6) is 5.75 Å². The van der Waals surface area contributed by atoms with Gasteiger partial charge in [-0.05, 0) is 19.1 Å². The second-order valence-electron chi connectivity index (χ2n) is 3.98. The quantitative estimate of drug-likeness (QED) is 0.928. The molecule has 19 heavy (non-hydrogen) atoms. The van der Waals surface area contributed by atoms with E-state index in [9.17, 15) is 4.79 Å². The zero-order chi connectivity index (χ0) is 13.7. The highest BCUT2D eigenvalue weighted by molar-refractivity contribution is 8.39. The molecule has 2 rings (SSSR count). The van der Waals surface area contributed by atoms with Crippen molar-refractivity contribution < 1.29 is 9.53 Å². The van der Waals surface area contributed by atoms with E-state index in [-0.39, 0.29) is 11.2 Å². The molecule has 0 saturated carbocycles. The van der Waals surface area contributed by atoms with Crippen molar-refractivity contribution in [2.45, 2.75) is 12.2 Å². The van der Waals surface area contributed by atoms with E-state index >= 15 is 0 Å². The first-order valence-electron chi connectivity index (χ1n) is 5.98. The molecule has 1 heterocycles. The molecule has 0 fully saturated rings. The van der Waals surface area contributed by atoms with Crippen molar-refractivity contribution in [3.63, 3.8) is 0 Å². The molecule has 1 amide bonds. The van der Waals surface area contributed by atoms with E-state index in [1.165, 1.54) is 11.8 Å². The number of aliphatic imine (C=N–C) groups is 1. The van der Waals surface area contributed by atoms with Crippen molar-refractivity contribution in [1.29, 1.82) is 0 Å². The SMILES string of the molecule is COc1cccc(NC(=O)C(C)SC2=NCCS2)c1. The van der Waals surface area contributed by atoms with E-state index in [2.05, 4.69) is 10.3 Å². The Bertz CT molecular complexity index is 491. The van der Waals surface area contributed by atoms with Crippen LogP contribution in [0.4, 0.5) is 5.69 Å². The van der Waals surface area contributed by atoms with Gasteiger partial charge in [0.25, 0.3) is 0 Å². The van der Waals surface area contributed by atoms with Gasteiger partial charge in [0.2, 0.25) is 5.91 Å². The van der Waals surface area contributed by atoms with Crippen molar-refractivity contribution in [2.75, 3.05) is 24.7 Å². The molecule has 1 aliphatic heterocycles. The highest BCUT2D eigenvalue weighted by atomic mass is 32.2. The minimum atomic E-state index is -0.157. The van der Waals surface area contributed by atoms with E-state index < -0.39 is 0 Å². The van der Waals surface area contributed by atoms with Gasteiger partial charge >= 0.3 is 0 Å². The number of hydrogen-bond donors (Lipinski definition) is 1. The standard InChI is InChI=1S/C13H16N2O2S2/c1-9(19-13-14-6-7-18-13)12(16)15-10-4-3-5-11(8-10)17-2/h3-5,8-9H,6-7H2,1-2H3,(H,15,16). The summed E-state index contributed by atoms with van der Waals surface area (Å²) in [6.45, 7) is 2.75. The van der Waals surface area contributed by atoms with E-state index in [1.54, 1.807) is 24.9 Å². The molecule has 0 radical (unpaired) electrons. The third-order valence-electron chi connectivity index (χ3n) is 2.54. The number of nitrogens with zero attached hydrogens (tertiary/aromatic N) is 1. The van der Waals surface area contributed by atoms with Crippen LogP contribution in [0.15, 0.2) is 29.3 Å². The Kier molecular flexibility index (Phi) is 5.15. The molecular weight excluding hydrogens is 280 g/mol. The van der Waals surface area contributed by atoms with Crippen LogP contribution in [-0.4, -0.2) is 34.9 Å². The Morgan fingerprint density at radius 1 is 1.58 bits per heavy atom. The van der Waals surface area contributed by atoms with Crippen LogP contribution in [0.1, 0.15) is 6.92 Å². The fourth-order valence-corrected chi connectivity index (χ4v) is 3.67. The molecule has 0 aliphatic carbocycles. The average Bonchev–Trinajstić information content (AvgIpc) is 2.91. The number of benzene rings is 1. The predicted octanol–water partition coefficient (Wildman–Crippen LogP) is 2.86. The minimum Gasteiger partial charge on any atom is -0.497 e. The van der Waals surface area contributed by atoms with Gasteiger partial charge in [-0.15, -0.1) is 0 Å². The summed E-state index contributed by atoms with van der Waals surface area (Å²) in [5.41, 5.74) is 0.748. The summed E-state index contributed by atoms with van der Waals surface area (Å²) >= 11 is 3.23. The molecule has 0 spiro atoms. The third kappa shape index (κ3) is 4.18. The van der Waals surface area contributed by atoms with Crippen LogP contribution >= 0.6 is 23.5 Å².